The van der Waals surface area contributed by atoms with E-state index in [1.807, 2.05) is 0 Å². The second-order valence-corrected chi connectivity index (χ2v) is 8.79. The molecule has 0 spiro atoms. The van der Waals surface area contributed by atoms with Crippen molar-refractivity contribution in [3.8, 4) is 11.1 Å². The Bertz CT molecular complexity index is 1280. The number of carboxylic acid groups (broad SMARTS) is 1. The number of carbonyl (C=O) groups is 2. The van der Waals surface area contributed by atoms with Gasteiger partial charge >= 0.3 is 12.1 Å². The number of hydrogen-bond acceptors (Lipinski definition) is 3. The summed E-state index contributed by atoms with van der Waals surface area (Å²) in [7, 11) is 0. The third-order valence-electron chi connectivity index (χ3n) is 6.17. The van der Waals surface area contributed by atoms with Crippen LogP contribution in [0.3, 0.4) is 0 Å². The van der Waals surface area contributed by atoms with E-state index in [-0.39, 0.29) is 30.1 Å². The number of fused-ring (bicyclic) bond motifs is 1. The Hall–Kier alpha value is -3.07. The van der Waals surface area contributed by atoms with Gasteiger partial charge in [0.1, 0.15) is 11.7 Å². The maximum Gasteiger partial charge on any atom is 0.416 e. The molecule has 1 fully saturated rings. The molecule has 180 valence electrons. The Morgan fingerprint density at radius 3 is 2.56 bits per heavy atom. The SMILES string of the molecule is CCN(Cc1cc(C(F)(F)F)ccc1-c1c(C)n(CC(=O)O)c2ccnc(Cl)c12)C(=O)C1CC1. The van der Waals surface area contributed by atoms with Crippen molar-refractivity contribution in [3.05, 3.63) is 52.4 Å². The lowest BCUT2D eigenvalue weighted by Crippen LogP contribution is -2.31. The molecule has 4 rings (SSSR count). The van der Waals surface area contributed by atoms with Crippen LogP contribution in [0.1, 0.15) is 36.6 Å². The van der Waals surface area contributed by atoms with E-state index in [9.17, 15) is 27.9 Å². The summed E-state index contributed by atoms with van der Waals surface area (Å²) in [5.41, 5.74) is 1.50. The Balaban J connectivity index is 1.94. The fourth-order valence-electron chi connectivity index (χ4n) is 4.33. The Morgan fingerprint density at radius 2 is 1.97 bits per heavy atom. The molecule has 0 radical (unpaired) electrons. The van der Waals surface area contributed by atoms with Crippen LogP contribution in [0.5, 0.6) is 0 Å². The standard InChI is InChI=1S/C24H23ClF3N3O3/c1-3-30(23(34)14-4-5-14)11-15-10-16(24(26,27)28)6-7-17(15)20-13(2)31(12-19(32)33)18-8-9-29-22(25)21(18)20/h6-10,14H,3-5,11-12H2,1-2H3,(H,32,33). The molecule has 1 N–H and O–H groups in total. The molecule has 3 aromatic rings. The van der Waals surface area contributed by atoms with Gasteiger partial charge in [-0.15, -0.1) is 0 Å². The molecule has 1 aliphatic carbocycles. The molecule has 1 amide bonds. The van der Waals surface area contributed by atoms with E-state index in [1.54, 1.807) is 29.4 Å². The van der Waals surface area contributed by atoms with Crippen molar-refractivity contribution in [2.24, 2.45) is 5.92 Å². The lowest BCUT2D eigenvalue weighted by molar-refractivity contribution is -0.138. The van der Waals surface area contributed by atoms with E-state index in [4.69, 9.17) is 11.6 Å². The lowest BCUT2D eigenvalue weighted by Gasteiger charge is -2.24. The quantitative estimate of drug-likeness (QED) is 0.439. The number of amides is 1. The largest absolute Gasteiger partial charge is 0.480 e. The first-order valence-corrected chi connectivity index (χ1v) is 11.2. The van der Waals surface area contributed by atoms with Gasteiger partial charge in [-0.2, -0.15) is 13.2 Å². The molecule has 1 aromatic carbocycles. The second-order valence-electron chi connectivity index (χ2n) is 8.43. The van der Waals surface area contributed by atoms with Crippen LogP contribution in [0.25, 0.3) is 22.0 Å². The molecule has 34 heavy (non-hydrogen) atoms. The first-order chi connectivity index (χ1) is 16.0. The van der Waals surface area contributed by atoms with Crippen molar-refractivity contribution in [3.63, 3.8) is 0 Å². The summed E-state index contributed by atoms with van der Waals surface area (Å²) >= 11 is 6.41. The molecule has 0 saturated heterocycles. The molecule has 0 aliphatic heterocycles. The van der Waals surface area contributed by atoms with Gasteiger partial charge in [0.05, 0.1) is 11.1 Å². The average Bonchev–Trinajstić information content (AvgIpc) is 3.58. The molecule has 0 unspecified atom stereocenters. The maximum absolute atomic E-state index is 13.6. The zero-order chi connectivity index (χ0) is 24.8. The van der Waals surface area contributed by atoms with Gasteiger partial charge < -0.3 is 14.6 Å². The highest BCUT2D eigenvalue weighted by molar-refractivity contribution is 6.35. The van der Waals surface area contributed by atoms with Gasteiger partial charge in [0.25, 0.3) is 0 Å². The smallest absolute Gasteiger partial charge is 0.416 e. The van der Waals surface area contributed by atoms with Gasteiger partial charge in [-0.05, 0) is 56.0 Å². The van der Waals surface area contributed by atoms with Crippen LogP contribution >= 0.6 is 11.6 Å². The number of aliphatic carboxylic acids is 1. The van der Waals surface area contributed by atoms with Gasteiger partial charge in [-0.1, -0.05) is 17.7 Å². The zero-order valence-electron chi connectivity index (χ0n) is 18.6. The number of alkyl halides is 3. The summed E-state index contributed by atoms with van der Waals surface area (Å²) < 4.78 is 42.3. The van der Waals surface area contributed by atoms with Crippen LogP contribution in [0, 0.1) is 12.8 Å². The minimum Gasteiger partial charge on any atom is -0.480 e. The van der Waals surface area contributed by atoms with Crippen LogP contribution < -0.4 is 0 Å². The van der Waals surface area contributed by atoms with Crippen LogP contribution in [-0.4, -0.2) is 38.0 Å². The molecule has 2 heterocycles. The van der Waals surface area contributed by atoms with Gasteiger partial charge in [0.2, 0.25) is 5.91 Å². The summed E-state index contributed by atoms with van der Waals surface area (Å²) in [4.78, 5) is 29.9. The normalized spacial score (nSPS) is 13.9. The molecular weight excluding hydrogens is 471 g/mol. The molecular formula is C24H23ClF3N3O3. The Morgan fingerprint density at radius 1 is 1.26 bits per heavy atom. The van der Waals surface area contributed by atoms with Crippen molar-refractivity contribution in [1.29, 1.82) is 0 Å². The van der Waals surface area contributed by atoms with Crippen molar-refractivity contribution in [2.45, 2.75) is 46.0 Å². The monoisotopic (exact) mass is 493 g/mol. The van der Waals surface area contributed by atoms with Crippen molar-refractivity contribution in [1.82, 2.24) is 14.5 Å². The van der Waals surface area contributed by atoms with E-state index in [1.165, 1.54) is 12.3 Å². The number of hydrogen-bond donors (Lipinski definition) is 1. The molecule has 1 saturated carbocycles. The summed E-state index contributed by atoms with van der Waals surface area (Å²) in [6.45, 7) is 3.49. The van der Waals surface area contributed by atoms with E-state index >= 15 is 0 Å². The maximum atomic E-state index is 13.6. The third kappa shape index (κ3) is 4.49. The van der Waals surface area contributed by atoms with Crippen molar-refractivity contribution < 1.29 is 27.9 Å². The third-order valence-corrected chi connectivity index (χ3v) is 6.45. The molecule has 0 bridgehead atoms. The number of nitrogens with zero attached hydrogens (tertiary/aromatic N) is 3. The predicted molar refractivity (Wildman–Crippen MR) is 121 cm³/mol. The topological polar surface area (TPSA) is 75.4 Å². The highest BCUT2D eigenvalue weighted by Gasteiger charge is 2.35. The summed E-state index contributed by atoms with van der Waals surface area (Å²) in [6.07, 6.45) is -1.54. The molecule has 10 heteroatoms. The van der Waals surface area contributed by atoms with Crippen LogP contribution in [0.2, 0.25) is 5.15 Å². The van der Waals surface area contributed by atoms with E-state index < -0.39 is 17.7 Å². The van der Waals surface area contributed by atoms with Crippen LogP contribution in [-0.2, 0) is 28.9 Å². The van der Waals surface area contributed by atoms with Gasteiger partial charge in [0, 0.05) is 41.8 Å². The number of halogens is 4. The van der Waals surface area contributed by atoms with Crippen LogP contribution in [0.15, 0.2) is 30.5 Å². The van der Waals surface area contributed by atoms with Crippen molar-refractivity contribution in [2.75, 3.05) is 6.54 Å². The number of pyridine rings is 1. The summed E-state index contributed by atoms with van der Waals surface area (Å²) in [6, 6.07) is 5.04. The molecule has 2 aromatic heterocycles. The van der Waals surface area contributed by atoms with Crippen LogP contribution in [0.4, 0.5) is 13.2 Å². The molecule has 0 atom stereocenters. The van der Waals surface area contributed by atoms with E-state index in [0.29, 0.717) is 39.8 Å². The summed E-state index contributed by atoms with van der Waals surface area (Å²) in [5.74, 6) is -1.22. The van der Waals surface area contributed by atoms with Gasteiger partial charge in [0.15, 0.2) is 0 Å². The number of benzene rings is 1. The predicted octanol–water partition coefficient (Wildman–Crippen LogP) is 5.53. The summed E-state index contributed by atoms with van der Waals surface area (Å²) in [5, 5.41) is 9.99. The first kappa shape index (κ1) is 24.1. The highest BCUT2D eigenvalue weighted by Crippen LogP contribution is 2.42. The lowest BCUT2D eigenvalue weighted by atomic mass is 9.95. The van der Waals surface area contributed by atoms with Gasteiger partial charge in [-0.3, -0.25) is 9.59 Å². The minimum atomic E-state index is -4.56. The molecule has 1 aliphatic rings. The number of carbonyl (C=O) groups excluding carboxylic acids is 1. The number of aromatic nitrogens is 2. The number of rotatable bonds is 7. The second kappa shape index (κ2) is 8.94. The van der Waals surface area contributed by atoms with E-state index in [0.717, 1.165) is 25.0 Å². The minimum absolute atomic E-state index is 0.00594. The van der Waals surface area contributed by atoms with Crippen molar-refractivity contribution >= 4 is 34.4 Å². The fraction of sp³-hybridized carbons (Fsp3) is 0.375. The van der Waals surface area contributed by atoms with Gasteiger partial charge in [-0.25, -0.2) is 4.98 Å². The zero-order valence-corrected chi connectivity index (χ0v) is 19.4. The Labute approximate surface area is 198 Å². The number of carboxylic acids is 1. The average molecular weight is 494 g/mol. The molecule has 6 nitrogen and oxygen atoms in total. The van der Waals surface area contributed by atoms with E-state index in [2.05, 4.69) is 4.98 Å². The fourth-order valence-corrected chi connectivity index (χ4v) is 4.58. The first-order valence-electron chi connectivity index (χ1n) is 10.9. The highest BCUT2D eigenvalue weighted by atomic mass is 35.5. The Kier molecular flexibility index (Phi) is 6.33.